The molecule has 0 radical (unpaired) electrons. The molecule has 0 saturated heterocycles. The molecule has 0 unspecified atom stereocenters. The van der Waals surface area contributed by atoms with Gasteiger partial charge in [-0.1, -0.05) is 0 Å². The Morgan fingerprint density at radius 3 is 2.67 bits per heavy atom. The van der Waals surface area contributed by atoms with Gasteiger partial charge < -0.3 is 15.5 Å². The molecular weight excluding hydrogens is 322 g/mol. The molecule has 0 spiro atoms. The fourth-order valence-corrected chi connectivity index (χ4v) is 3.37. The molecule has 24 heavy (non-hydrogen) atoms. The number of thiophene rings is 1. The molecule has 0 saturated carbocycles. The topological polar surface area (TPSA) is 78.9 Å². The summed E-state index contributed by atoms with van der Waals surface area (Å²) >= 11 is 1.65. The highest BCUT2D eigenvalue weighted by Crippen LogP contribution is 2.36. The maximum Gasteiger partial charge on any atom is 0.225 e. The van der Waals surface area contributed by atoms with Crippen molar-refractivity contribution in [1.82, 2.24) is 24.8 Å². The number of hydrogen-bond donors (Lipinski definition) is 2. The van der Waals surface area contributed by atoms with Crippen molar-refractivity contribution in [3.63, 3.8) is 0 Å². The Labute approximate surface area is 145 Å². The average Bonchev–Trinajstić information content (AvgIpc) is 3.03. The van der Waals surface area contributed by atoms with Gasteiger partial charge in [-0.25, -0.2) is 15.0 Å². The molecule has 3 aromatic heterocycles. The van der Waals surface area contributed by atoms with Crippen molar-refractivity contribution in [2.75, 3.05) is 44.9 Å². The van der Waals surface area contributed by atoms with E-state index in [0.29, 0.717) is 5.95 Å². The SMILES string of the molecule is CNc1nc(NCCCN(C)C)c2sc(-c3cncnc3)cc2n1. The molecule has 0 aliphatic carbocycles. The Balaban J connectivity index is 1.90. The van der Waals surface area contributed by atoms with Crippen LogP contribution in [0.25, 0.3) is 20.7 Å². The van der Waals surface area contributed by atoms with Gasteiger partial charge in [0.2, 0.25) is 5.95 Å². The largest absolute Gasteiger partial charge is 0.369 e. The molecule has 0 aliphatic heterocycles. The van der Waals surface area contributed by atoms with E-state index in [4.69, 9.17) is 0 Å². The van der Waals surface area contributed by atoms with Crippen molar-refractivity contribution in [3.05, 3.63) is 24.8 Å². The number of rotatable bonds is 7. The summed E-state index contributed by atoms with van der Waals surface area (Å²) in [7, 11) is 5.99. The molecule has 0 aliphatic rings. The van der Waals surface area contributed by atoms with Crippen LogP contribution in [0.3, 0.4) is 0 Å². The minimum absolute atomic E-state index is 0.617. The molecule has 126 valence electrons. The van der Waals surface area contributed by atoms with Crippen LogP contribution in [-0.4, -0.2) is 59.1 Å². The smallest absolute Gasteiger partial charge is 0.225 e. The third kappa shape index (κ3) is 3.77. The van der Waals surface area contributed by atoms with E-state index in [2.05, 4.69) is 55.6 Å². The van der Waals surface area contributed by atoms with Crippen LogP contribution >= 0.6 is 11.3 Å². The second kappa shape index (κ2) is 7.50. The quantitative estimate of drug-likeness (QED) is 0.638. The van der Waals surface area contributed by atoms with Crippen molar-refractivity contribution >= 4 is 33.3 Å². The highest BCUT2D eigenvalue weighted by Gasteiger charge is 2.12. The van der Waals surface area contributed by atoms with Gasteiger partial charge in [0.05, 0.1) is 10.2 Å². The highest BCUT2D eigenvalue weighted by molar-refractivity contribution is 7.22. The van der Waals surface area contributed by atoms with E-state index >= 15 is 0 Å². The Kier molecular flexibility index (Phi) is 5.17. The average molecular weight is 343 g/mol. The molecule has 0 amide bonds. The van der Waals surface area contributed by atoms with Crippen LogP contribution in [0.2, 0.25) is 0 Å². The maximum absolute atomic E-state index is 4.58. The predicted octanol–water partition coefficient (Wildman–Crippen LogP) is 2.55. The lowest BCUT2D eigenvalue weighted by Gasteiger charge is -2.11. The van der Waals surface area contributed by atoms with E-state index in [9.17, 15) is 0 Å². The van der Waals surface area contributed by atoms with Crippen LogP contribution in [0.5, 0.6) is 0 Å². The van der Waals surface area contributed by atoms with Crippen LogP contribution in [-0.2, 0) is 0 Å². The molecule has 0 aromatic carbocycles. The van der Waals surface area contributed by atoms with Crippen molar-refractivity contribution in [1.29, 1.82) is 0 Å². The zero-order chi connectivity index (χ0) is 16.9. The van der Waals surface area contributed by atoms with Crippen molar-refractivity contribution in [2.45, 2.75) is 6.42 Å². The molecular formula is C16H21N7S. The zero-order valence-electron chi connectivity index (χ0n) is 14.1. The first-order chi connectivity index (χ1) is 11.7. The number of aromatic nitrogens is 4. The normalized spacial score (nSPS) is 11.2. The molecule has 0 atom stereocenters. The van der Waals surface area contributed by atoms with Gasteiger partial charge in [0.25, 0.3) is 0 Å². The summed E-state index contributed by atoms with van der Waals surface area (Å²) in [5.41, 5.74) is 1.92. The standard InChI is InChI=1S/C16H21N7S/c1-17-16-21-12-7-13(11-8-18-10-19-9-11)24-14(12)15(22-16)20-5-4-6-23(2)3/h7-10H,4-6H2,1-3H3,(H2,17,20,21,22). The molecule has 7 nitrogen and oxygen atoms in total. The number of fused-ring (bicyclic) bond motifs is 1. The second-order valence-electron chi connectivity index (χ2n) is 5.68. The summed E-state index contributed by atoms with van der Waals surface area (Å²) in [4.78, 5) is 20.6. The molecule has 0 bridgehead atoms. The lowest BCUT2D eigenvalue weighted by molar-refractivity contribution is 0.405. The van der Waals surface area contributed by atoms with E-state index in [1.165, 1.54) is 6.33 Å². The summed E-state index contributed by atoms with van der Waals surface area (Å²) in [5.74, 6) is 1.49. The van der Waals surface area contributed by atoms with Crippen LogP contribution in [0.15, 0.2) is 24.8 Å². The van der Waals surface area contributed by atoms with Gasteiger partial charge in [-0.3, -0.25) is 0 Å². The van der Waals surface area contributed by atoms with Gasteiger partial charge in [-0.2, -0.15) is 4.98 Å². The van der Waals surface area contributed by atoms with Gasteiger partial charge >= 0.3 is 0 Å². The Morgan fingerprint density at radius 1 is 1.17 bits per heavy atom. The van der Waals surface area contributed by atoms with E-state index in [0.717, 1.165) is 46.0 Å². The Hall–Kier alpha value is -2.32. The van der Waals surface area contributed by atoms with Crippen molar-refractivity contribution in [2.24, 2.45) is 0 Å². The third-order valence-electron chi connectivity index (χ3n) is 3.51. The molecule has 2 N–H and O–H groups in total. The lowest BCUT2D eigenvalue weighted by Crippen LogP contribution is -2.16. The van der Waals surface area contributed by atoms with Crippen LogP contribution in [0.1, 0.15) is 6.42 Å². The van der Waals surface area contributed by atoms with Crippen LogP contribution in [0, 0.1) is 0 Å². The number of hydrogen-bond acceptors (Lipinski definition) is 8. The summed E-state index contributed by atoms with van der Waals surface area (Å²) in [5, 5.41) is 6.47. The van der Waals surface area contributed by atoms with E-state index < -0.39 is 0 Å². The lowest BCUT2D eigenvalue weighted by atomic mass is 10.3. The maximum atomic E-state index is 4.58. The zero-order valence-corrected chi connectivity index (χ0v) is 14.9. The monoisotopic (exact) mass is 343 g/mol. The number of nitrogens with one attached hydrogen (secondary N) is 2. The highest BCUT2D eigenvalue weighted by atomic mass is 32.1. The van der Waals surface area contributed by atoms with Gasteiger partial charge in [-0.15, -0.1) is 11.3 Å². The summed E-state index contributed by atoms with van der Waals surface area (Å²) < 4.78 is 1.05. The molecule has 3 aromatic rings. The Bertz CT molecular complexity index is 801. The van der Waals surface area contributed by atoms with E-state index in [1.54, 1.807) is 11.3 Å². The number of anilines is 2. The van der Waals surface area contributed by atoms with Gasteiger partial charge in [0, 0.05) is 36.4 Å². The first-order valence-corrected chi connectivity index (χ1v) is 8.62. The second-order valence-corrected chi connectivity index (χ2v) is 6.73. The van der Waals surface area contributed by atoms with Crippen molar-refractivity contribution < 1.29 is 0 Å². The van der Waals surface area contributed by atoms with Gasteiger partial charge in [0.1, 0.15) is 12.1 Å². The van der Waals surface area contributed by atoms with Crippen LogP contribution < -0.4 is 10.6 Å². The fourth-order valence-electron chi connectivity index (χ4n) is 2.33. The first kappa shape index (κ1) is 16.5. The van der Waals surface area contributed by atoms with Gasteiger partial charge in [-0.05, 0) is 33.1 Å². The molecule has 3 rings (SSSR count). The third-order valence-corrected chi connectivity index (χ3v) is 4.69. The molecule has 8 heteroatoms. The van der Waals surface area contributed by atoms with Crippen molar-refractivity contribution in [3.8, 4) is 10.4 Å². The number of nitrogens with zero attached hydrogens (tertiary/aromatic N) is 5. The summed E-state index contributed by atoms with van der Waals surface area (Å²) in [6.45, 7) is 1.91. The van der Waals surface area contributed by atoms with Crippen LogP contribution in [0.4, 0.5) is 11.8 Å². The molecule has 3 heterocycles. The minimum Gasteiger partial charge on any atom is -0.369 e. The van der Waals surface area contributed by atoms with E-state index in [1.807, 2.05) is 19.4 Å². The summed E-state index contributed by atoms with van der Waals surface area (Å²) in [6, 6.07) is 2.06. The minimum atomic E-state index is 0.617. The first-order valence-electron chi connectivity index (χ1n) is 7.80. The molecule has 0 fully saturated rings. The van der Waals surface area contributed by atoms with E-state index in [-0.39, 0.29) is 0 Å². The predicted molar refractivity (Wildman–Crippen MR) is 99.6 cm³/mol. The fraction of sp³-hybridized carbons (Fsp3) is 0.375. The Morgan fingerprint density at radius 2 is 1.96 bits per heavy atom. The van der Waals surface area contributed by atoms with Gasteiger partial charge in [0.15, 0.2) is 0 Å². The summed E-state index contributed by atoms with van der Waals surface area (Å²) in [6.07, 6.45) is 6.22.